The number of hydrogen-bond donors (Lipinski definition) is 1. The first-order valence-electron chi connectivity index (χ1n) is 10.6. The largest absolute Gasteiger partial charge is 0.435 e. The average Bonchev–Trinajstić information content (AvgIpc) is 3.44. The normalized spacial score (nSPS) is 17.9. The fraction of sp³-hybridized carbons (Fsp3) is 0.348. The van der Waals surface area contributed by atoms with E-state index in [9.17, 15) is 8.42 Å². The maximum Gasteiger partial charge on any atom is 0.250 e. The van der Waals surface area contributed by atoms with Gasteiger partial charge in [0.25, 0.3) is 5.89 Å². The maximum atomic E-state index is 13.1. The molecule has 1 fully saturated rings. The van der Waals surface area contributed by atoms with Crippen molar-refractivity contribution in [1.82, 2.24) is 9.29 Å². The van der Waals surface area contributed by atoms with E-state index in [1.807, 2.05) is 42.5 Å². The highest BCUT2D eigenvalue weighted by atomic mass is 32.2. The molecule has 0 radical (unpaired) electrons. The SMILES string of the molecule is O=S(=O)(c1ccc2c(c1)CCC2)N1CC[NH+](Cc2ncc(-c3ccccc3)o2)CC1. The van der Waals surface area contributed by atoms with Crippen LogP contribution >= 0.6 is 0 Å². The first kappa shape index (κ1) is 19.5. The summed E-state index contributed by atoms with van der Waals surface area (Å²) in [7, 11) is -3.43. The molecular formula is C23H26N3O3S+. The van der Waals surface area contributed by atoms with E-state index in [1.165, 1.54) is 16.0 Å². The molecule has 0 atom stereocenters. The van der Waals surface area contributed by atoms with Crippen molar-refractivity contribution < 1.29 is 17.7 Å². The Morgan fingerprint density at radius 2 is 1.77 bits per heavy atom. The third-order valence-corrected chi connectivity index (χ3v) is 8.04. The molecule has 2 aliphatic rings. The number of aromatic nitrogens is 1. The van der Waals surface area contributed by atoms with Crippen LogP contribution in [0.3, 0.4) is 0 Å². The minimum Gasteiger partial charge on any atom is -0.435 e. The molecule has 2 aromatic carbocycles. The first-order chi connectivity index (χ1) is 14.6. The number of aryl methyl sites for hydroxylation is 2. The second-order valence-electron chi connectivity index (χ2n) is 8.10. The van der Waals surface area contributed by atoms with E-state index in [0.717, 1.165) is 43.7 Å². The van der Waals surface area contributed by atoms with Gasteiger partial charge in [0.2, 0.25) is 10.0 Å². The topological polar surface area (TPSA) is 67.8 Å². The molecule has 2 heterocycles. The number of quaternary nitrogens is 1. The average molecular weight is 425 g/mol. The van der Waals surface area contributed by atoms with Gasteiger partial charge in [0.15, 0.2) is 12.3 Å². The van der Waals surface area contributed by atoms with Crippen LogP contribution in [0.5, 0.6) is 0 Å². The molecule has 6 nitrogen and oxygen atoms in total. The molecule has 0 amide bonds. The number of nitrogens with one attached hydrogen (secondary N) is 1. The number of rotatable bonds is 5. The van der Waals surface area contributed by atoms with E-state index in [4.69, 9.17) is 4.42 Å². The number of hydrogen-bond acceptors (Lipinski definition) is 4. The van der Waals surface area contributed by atoms with Crippen molar-refractivity contribution in [2.45, 2.75) is 30.7 Å². The fourth-order valence-corrected chi connectivity index (χ4v) is 5.91. The molecular weight excluding hydrogens is 398 g/mol. The number of sulfonamides is 1. The highest BCUT2D eigenvalue weighted by Crippen LogP contribution is 2.26. The molecule has 1 aliphatic carbocycles. The van der Waals surface area contributed by atoms with Crippen LogP contribution in [0, 0.1) is 0 Å². The summed E-state index contributed by atoms with van der Waals surface area (Å²) in [5, 5.41) is 0. The standard InChI is InChI=1S/C23H25N3O3S/c27-30(28,21-10-9-18-7-4-8-20(18)15-21)26-13-11-25(12-14-26)17-23-24-16-22(29-23)19-5-2-1-3-6-19/h1-3,5-6,9-10,15-16H,4,7-8,11-14,17H2/p+1. The third-order valence-electron chi connectivity index (χ3n) is 6.15. The van der Waals surface area contributed by atoms with Gasteiger partial charge in [-0.3, -0.25) is 0 Å². The van der Waals surface area contributed by atoms with E-state index >= 15 is 0 Å². The Balaban J connectivity index is 1.22. The molecule has 0 spiro atoms. The molecule has 1 saturated heterocycles. The summed E-state index contributed by atoms with van der Waals surface area (Å²) in [4.78, 5) is 6.14. The Labute approximate surface area is 177 Å². The second-order valence-corrected chi connectivity index (χ2v) is 10.0. The Bertz CT molecular complexity index is 1130. The van der Waals surface area contributed by atoms with Crippen molar-refractivity contribution >= 4 is 10.0 Å². The van der Waals surface area contributed by atoms with Crippen LogP contribution in [0.25, 0.3) is 11.3 Å². The monoisotopic (exact) mass is 424 g/mol. The van der Waals surface area contributed by atoms with Crippen molar-refractivity contribution in [2.24, 2.45) is 0 Å². The predicted octanol–water partition coefficient (Wildman–Crippen LogP) is 1.92. The van der Waals surface area contributed by atoms with Crippen LogP contribution in [0.2, 0.25) is 0 Å². The first-order valence-corrected chi connectivity index (χ1v) is 12.0. The van der Waals surface area contributed by atoms with Gasteiger partial charge < -0.3 is 9.32 Å². The molecule has 5 rings (SSSR count). The van der Waals surface area contributed by atoms with Gasteiger partial charge in [0.1, 0.15) is 0 Å². The lowest BCUT2D eigenvalue weighted by atomic mass is 10.1. The van der Waals surface area contributed by atoms with Crippen LogP contribution in [-0.2, 0) is 29.4 Å². The van der Waals surface area contributed by atoms with Crippen molar-refractivity contribution in [1.29, 1.82) is 0 Å². The van der Waals surface area contributed by atoms with Gasteiger partial charge in [-0.25, -0.2) is 13.4 Å². The summed E-state index contributed by atoms with van der Waals surface area (Å²) in [6.07, 6.45) is 4.93. The van der Waals surface area contributed by atoms with Gasteiger partial charge in [-0.05, 0) is 42.5 Å². The summed E-state index contributed by atoms with van der Waals surface area (Å²) in [5.74, 6) is 1.46. The van der Waals surface area contributed by atoms with Crippen LogP contribution in [0.1, 0.15) is 23.4 Å². The molecule has 7 heteroatoms. The number of nitrogens with zero attached hydrogens (tertiary/aromatic N) is 2. The van der Waals surface area contributed by atoms with E-state index in [0.29, 0.717) is 30.4 Å². The number of benzene rings is 2. The minimum absolute atomic E-state index is 0.437. The van der Waals surface area contributed by atoms with Crippen LogP contribution < -0.4 is 4.90 Å². The van der Waals surface area contributed by atoms with Gasteiger partial charge in [-0.1, -0.05) is 36.4 Å². The Morgan fingerprint density at radius 3 is 2.57 bits per heavy atom. The summed E-state index contributed by atoms with van der Waals surface area (Å²) in [6.45, 7) is 3.18. The van der Waals surface area contributed by atoms with Gasteiger partial charge in [0.05, 0.1) is 37.3 Å². The highest BCUT2D eigenvalue weighted by molar-refractivity contribution is 7.89. The third kappa shape index (κ3) is 3.80. The summed E-state index contributed by atoms with van der Waals surface area (Å²) < 4.78 is 33.7. The maximum absolute atomic E-state index is 13.1. The highest BCUT2D eigenvalue weighted by Gasteiger charge is 2.31. The van der Waals surface area contributed by atoms with Gasteiger partial charge in [-0.15, -0.1) is 0 Å². The van der Waals surface area contributed by atoms with E-state index in [1.54, 1.807) is 16.6 Å². The molecule has 30 heavy (non-hydrogen) atoms. The quantitative estimate of drug-likeness (QED) is 0.680. The molecule has 0 saturated carbocycles. The zero-order chi connectivity index (χ0) is 20.6. The minimum atomic E-state index is -3.43. The summed E-state index contributed by atoms with van der Waals surface area (Å²) in [6, 6.07) is 15.6. The molecule has 1 aliphatic heterocycles. The fourth-order valence-electron chi connectivity index (χ4n) is 4.42. The Morgan fingerprint density at radius 1 is 1.00 bits per heavy atom. The van der Waals surface area contributed by atoms with E-state index in [2.05, 4.69) is 4.98 Å². The molecule has 156 valence electrons. The lowest BCUT2D eigenvalue weighted by molar-refractivity contribution is -0.918. The summed E-state index contributed by atoms with van der Waals surface area (Å²) >= 11 is 0. The number of oxazole rings is 1. The van der Waals surface area contributed by atoms with Gasteiger partial charge in [0, 0.05) is 5.56 Å². The molecule has 1 N–H and O–H groups in total. The lowest BCUT2D eigenvalue weighted by Gasteiger charge is -2.31. The van der Waals surface area contributed by atoms with Crippen molar-refractivity contribution in [3.63, 3.8) is 0 Å². The van der Waals surface area contributed by atoms with Crippen LogP contribution in [0.15, 0.2) is 64.0 Å². The zero-order valence-corrected chi connectivity index (χ0v) is 17.7. The van der Waals surface area contributed by atoms with E-state index in [-0.39, 0.29) is 0 Å². The van der Waals surface area contributed by atoms with Crippen molar-refractivity contribution in [3.8, 4) is 11.3 Å². The second kappa shape index (κ2) is 7.98. The molecule has 3 aromatic rings. The Kier molecular flexibility index (Phi) is 5.18. The molecule has 1 aromatic heterocycles. The smallest absolute Gasteiger partial charge is 0.250 e. The number of fused-ring (bicyclic) bond motifs is 1. The zero-order valence-electron chi connectivity index (χ0n) is 16.9. The van der Waals surface area contributed by atoms with Gasteiger partial charge in [-0.2, -0.15) is 4.31 Å². The predicted molar refractivity (Wildman–Crippen MR) is 114 cm³/mol. The molecule has 0 bridgehead atoms. The van der Waals surface area contributed by atoms with Crippen LogP contribution in [0.4, 0.5) is 0 Å². The molecule has 0 unspecified atom stereocenters. The summed E-state index contributed by atoms with van der Waals surface area (Å²) in [5.41, 5.74) is 3.50. The number of piperazine rings is 1. The van der Waals surface area contributed by atoms with Gasteiger partial charge >= 0.3 is 0 Å². The van der Waals surface area contributed by atoms with Crippen molar-refractivity contribution in [3.05, 3.63) is 71.7 Å². The Hall–Kier alpha value is -2.48. The van der Waals surface area contributed by atoms with E-state index < -0.39 is 10.0 Å². The van der Waals surface area contributed by atoms with Crippen LogP contribution in [-0.4, -0.2) is 43.9 Å². The van der Waals surface area contributed by atoms with Crippen molar-refractivity contribution in [2.75, 3.05) is 26.2 Å². The lowest BCUT2D eigenvalue weighted by Crippen LogP contribution is -3.13.